The van der Waals surface area contributed by atoms with E-state index in [9.17, 15) is 14.4 Å². The second-order valence-electron chi connectivity index (χ2n) is 6.25. The molecule has 2 amide bonds. The van der Waals surface area contributed by atoms with Gasteiger partial charge in [-0.05, 0) is 24.1 Å². The summed E-state index contributed by atoms with van der Waals surface area (Å²) >= 11 is 1.52. The molecule has 134 valence electrons. The van der Waals surface area contributed by atoms with E-state index in [1.54, 1.807) is 11.0 Å². The van der Waals surface area contributed by atoms with Crippen LogP contribution in [-0.2, 0) is 20.9 Å². The van der Waals surface area contributed by atoms with Gasteiger partial charge in [0.2, 0.25) is 5.91 Å². The highest BCUT2D eigenvalue weighted by molar-refractivity contribution is 8.00. The molecule has 2 heterocycles. The Morgan fingerprint density at radius 1 is 1.32 bits per heavy atom. The molecule has 7 heteroatoms. The number of rotatable bonds is 4. The minimum Gasteiger partial charge on any atom is -0.468 e. The highest BCUT2D eigenvalue weighted by Crippen LogP contribution is 2.22. The molecule has 2 aliphatic rings. The largest absolute Gasteiger partial charge is 0.468 e. The van der Waals surface area contributed by atoms with Gasteiger partial charge in [0.05, 0.1) is 7.11 Å². The summed E-state index contributed by atoms with van der Waals surface area (Å²) < 4.78 is 4.79. The van der Waals surface area contributed by atoms with Crippen molar-refractivity contribution in [3.63, 3.8) is 0 Å². The van der Waals surface area contributed by atoms with E-state index in [1.807, 2.05) is 23.1 Å². The number of carbonyl (C=O) groups is 3. The van der Waals surface area contributed by atoms with Gasteiger partial charge in [-0.3, -0.25) is 14.4 Å². The number of likely N-dealkylation sites (tertiary alicyclic amines) is 1. The summed E-state index contributed by atoms with van der Waals surface area (Å²) in [6.45, 7) is 2.30. The van der Waals surface area contributed by atoms with Crippen LogP contribution in [0.2, 0.25) is 0 Å². The summed E-state index contributed by atoms with van der Waals surface area (Å²) in [5.41, 5.74) is 1.55. The zero-order chi connectivity index (χ0) is 17.8. The van der Waals surface area contributed by atoms with Gasteiger partial charge in [0, 0.05) is 43.9 Å². The van der Waals surface area contributed by atoms with E-state index < -0.39 is 0 Å². The molecule has 25 heavy (non-hydrogen) atoms. The topological polar surface area (TPSA) is 66.9 Å². The van der Waals surface area contributed by atoms with Crippen LogP contribution in [0, 0.1) is 0 Å². The molecule has 1 aromatic rings. The third-order valence-electron chi connectivity index (χ3n) is 4.54. The van der Waals surface area contributed by atoms with Crippen molar-refractivity contribution in [3.8, 4) is 0 Å². The van der Waals surface area contributed by atoms with Crippen LogP contribution >= 0.6 is 11.8 Å². The van der Waals surface area contributed by atoms with E-state index in [0.717, 1.165) is 18.5 Å². The zero-order valence-corrected chi connectivity index (χ0v) is 15.1. The lowest BCUT2D eigenvalue weighted by Crippen LogP contribution is -2.45. The molecule has 0 N–H and O–H groups in total. The molecule has 2 aliphatic heterocycles. The molecule has 3 rings (SSSR count). The quantitative estimate of drug-likeness (QED) is 0.760. The lowest BCUT2D eigenvalue weighted by Gasteiger charge is -2.31. The predicted octanol–water partition coefficient (Wildman–Crippen LogP) is 1.54. The third kappa shape index (κ3) is 4.15. The molecule has 2 saturated heterocycles. The number of nitrogens with zero attached hydrogens (tertiary/aromatic N) is 2. The monoisotopic (exact) mass is 362 g/mol. The molecular weight excluding hydrogens is 340 g/mol. The van der Waals surface area contributed by atoms with Gasteiger partial charge in [-0.15, -0.1) is 11.8 Å². The van der Waals surface area contributed by atoms with Crippen molar-refractivity contribution in [2.24, 2.45) is 0 Å². The molecule has 0 aromatic heterocycles. The average Bonchev–Trinajstić information content (AvgIpc) is 3.05. The van der Waals surface area contributed by atoms with Gasteiger partial charge in [-0.2, -0.15) is 0 Å². The molecule has 0 saturated carbocycles. The standard InChI is InChI=1S/C18H22N2O4S/c1-24-18(23)15-12-20(8-9-25-15)17(22)14-5-2-4-13(10-14)11-19-7-3-6-16(19)21/h2,4-5,10,15H,3,6-9,11-12H2,1H3/t15-/m0/s1. The van der Waals surface area contributed by atoms with Crippen molar-refractivity contribution in [3.05, 3.63) is 35.4 Å². The predicted molar refractivity (Wildman–Crippen MR) is 95.3 cm³/mol. The molecule has 0 unspecified atom stereocenters. The van der Waals surface area contributed by atoms with E-state index in [4.69, 9.17) is 4.74 Å². The lowest BCUT2D eigenvalue weighted by atomic mass is 10.1. The first-order valence-corrected chi connectivity index (χ1v) is 9.49. The molecule has 1 atom stereocenters. The van der Waals surface area contributed by atoms with Crippen LogP contribution in [0.4, 0.5) is 0 Å². The Labute approximate surface area is 151 Å². The molecule has 0 aliphatic carbocycles. The molecule has 0 bridgehead atoms. The SMILES string of the molecule is COC(=O)[C@@H]1CN(C(=O)c2cccc(CN3CCCC3=O)c2)CCS1. The Balaban J connectivity index is 1.68. The number of esters is 1. The van der Waals surface area contributed by atoms with Crippen LogP contribution in [0.25, 0.3) is 0 Å². The molecular formula is C18H22N2O4S. The number of methoxy groups -OCH3 is 1. The van der Waals surface area contributed by atoms with Crippen LogP contribution in [0.15, 0.2) is 24.3 Å². The Hall–Kier alpha value is -2.02. The summed E-state index contributed by atoms with van der Waals surface area (Å²) in [6, 6.07) is 7.42. The van der Waals surface area contributed by atoms with E-state index >= 15 is 0 Å². The van der Waals surface area contributed by atoms with Crippen molar-refractivity contribution in [2.45, 2.75) is 24.6 Å². The zero-order valence-electron chi connectivity index (χ0n) is 14.3. The first kappa shape index (κ1) is 17.8. The van der Waals surface area contributed by atoms with Crippen LogP contribution in [0.3, 0.4) is 0 Å². The second kappa shape index (κ2) is 7.91. The molecule has 1 aromatic carbocycles. The van der Waals surface area contributed by atoms with Crippen LogP contribution in [-0.4, -0.2) is 65.3 Å². The summed E-state index contributed by atoms with van der Waals surface area (Å²) in [4.78, 5) is 39.8. The van der Waals surface area contributed by atoms with Crippen molar-refractivity contribution in [1.82, 2.24) is 9.80 Å². The fraction of sp³-hybridized carbons (Fsp3) is 0.500. The highest BCUT2D eigenvalue weighted by Gasteiger charge is 2.30. The number of amides is 2. The number of ether oxygens (including phenoxy) is 1. The minimum absolute atomic E-state index is 0.0798. The first-order valence-electron chi connectivity index (χ1n) is 8.44. The van der Waals surface area contributed by atoms with E-state index in [1.165, 1.54) is 18.9 Å². The van der Waals surface area contributed by atoms with Gasteiger partial charge in [-0.1, -0.05) is 12.1 Å². The Kier molecular flexibility index (Phi) is 5.63. The fourth-order valence-corrected chi connectivity index (χ4v) is 4.31. The van der Waals surface area contributed by atoms with E-state index in [0.29, 0.717) is 37.4 Å². The smallest absolute Gasteiger partial charge is 0.320 e. The molecule has 6 nitrogen and oxygen atoms in total. The number of hydrogen-bond donors (Lipinski definition) is 0. The highest BCUT2D eigenvalue weighted by atomic mass is 32.2. The average molecular weight is 362 g/mol. The number of benzene rings is 1. The first-order chi connectivity index (χ1) is 12.1. The van der Waals surface area contributed by atoms with Gasteiger partial charge >= 0.3 is 5.97 Å². The molecule has 0 spiro atoms. The van der Waals surface area contributed by atoms with Gasteiger partial charge in [0.1, 0.15) is 5.25 Å². The van der Waals surface area contributed by atoms with Gasteiger partial charge in [0.25, 0.3) is 5.91 Å². The second-order valence-corrected chi connectivity index (χ2v) is 7.56. The Morgan fingerprint density at radius 2 is 2.16 bits per heavy atom. The van der Waals surface area contributed by atoms with E-state index in [2.05, 4.69) is 0 Å². The van der Waals surface area contributed by atoms with Crippen molar-refractivity contribution in [1.29, 1.82) is 0 Å². The fourth-order valence-electron chi connectivity index (χ4n) is 3.18. The Bertz CT molecular complexity index is 679. The molecule has 2 fully saturated rings. The minimum atomic E-state index is -0.326. The van der Waals surface area contributed by atoms with Crippen molar-refractivity contribution < 1.29 is 19.1 Å². The summed E-state index contributed by atoms with van der Waals surface area (Å²) in [5.74, 6) is 0.520. The van der Waals surface area contributed by atoms with Crippen LogP contribution in [0.1, 0.15) is 28.8 Å². The van der Waals surface area contributed by atoms with Gasteiger partial charge in [-0.25, -0.2) is 0 Å². The third-order valence-corrected chi connectivity index (χ3v) is 5.70. The number of carbonyl (C=O) groups excluding carboxylic acids is 3. The number of hydrogen-bond acceptors (Lipinski definition) is 5. The van der Waals surface area contributed by atoms with Crippen molar-refractivity contribution >= 4 is 29.5 Å². The summed E-state index contributed by atoms with van der Waals surface area (Å²) in [5, 5.41) is -0.326. The van der Waals surface area contributed by atoms with Crippen LogP contribution in [0.5, 0.6) is 0 Å². The van der Waals surface area contributed by atoms with Gasteiger partial charge in [0.15, 0.2) is 0 Å². The summed E-state index contributed by atoms with van der Waals surface area (Å²) in [7, 11) is 1.37. The molecule has 0 radical (unpaired) electrons. The van der Waals surface area contributed by atoms with Gasteiger partial charge < -0.3 is 14.5 Å². The number of thioether (sulfide) groups is 1. The maximum Gasteiger partial charge on any atom is 0.320 e. The van der Waals surface area contributed by atoms with E-state index in [-0.39, 0.29) is 23.0 Å². The maximum absolute atomic E-state index is 12.8. The lowest BCUT2D eigenvalue weighted by molar-refractivity contribution is -0.140. The summed E-state index contributed by atoms with van der Waals surface area (Å²) in [6.07, 6.45) is 1.51. The normalized spacial score (nSPS) is 20.7. The maximum atomic E-state index is 12.8. The van der Waals surface area contributed by atoms with Crippen molar-refractivity contribution in [2.75, 3.05) is 32.5 Å². The Morgan fingerprint density at radius 3 is 2.88 bits per heavy atom. The van der Waals surface area contributed by atoms with Crippen LogP contribution < -0.4 is 0 Å².